The molecule has 1 heterocycles. The van der Waals surface area contributed by atoms with Gasteiger partial charge in [-0.3, -0.25) is 4.79 Å². The maximum Gasteiger partial charge on any atom is 0.354 e. The monoisotopic (exact) mass is 328 g/mol. The van der Waals surface area contributed by atoms with Crippen molar-refractivity contribution < 1.29 is 19.1 Å². The summed E-state index contributed by atoms with van der Waals surface area (Å²) in [4.78, 5) is 26.8. The Morgan fingerprint density at radius 1 is 1.17 bits per heavy atom. The minimum absolute atomic E-state index is 0.103. The first-order valence-electron chi connectivity index (χ1n) is 7.74. The van der Waals surface area contributed by atoms with E-state index in [1.165, 1.54) is 30.5 Å². The summed E-state index contributed by atoms with van der Waals surface area (Å²) in [5, 5.41) is 11.7. The van der Waals surface area contributed by atoms with Crippen LogP contribution in [0.25, 0.3) is 0 Å². The largest absolute Gasteiger partial charge is 0.477 e. The van der Waals surface area contributed by atoms with Gasteiger partial charge in [0.1, 0.15) is 11.5 Å². The lowest BCUT2D eigenvalue weighted by molar-refractivity contribution is 0.0689. The molecule has 1 amide bonds. The van der Waals surface area contributed by atoms with E-state index in [-0.39, 0.29) is 22.8 Å². The lowest BCUT2D eigenvalue weighted by atomic mass is 9.64. The van der Waals surface area contributed by atoms with Gasteiger partial charge in [0, 0.05) is 18.2 Å². The number of carbonyl (C=O) groups is 2. The number of nitrogens with zero attached hydrogens (tertiary/aromatic N) is 1. The minimum Gasteiger partial charge on any atom is -0.477 e. The fourth-order valence-corrected chi connectivity index (χ4v) is 2.98. The molecule has 24 heavy (non-hydrogen) atoms. The van der Waals surface area contributed by atoms with Crippen molar-refractivity contribution in [1.82, 2.24) is 10.3 Å². The van der Waals surface area contributed by atoms with Crippen LogP contribution in [-0.4, -0.2) is 28.5 Å². The number of pyridine rings is 1. The van der Waals surface area contributed by atoms with Crippen LogP contribution >= 0.6 is 0 Å². The number of benzene rings is 1. The van der Waals surface area contributed by atoms with Gasteiger partial charge in [-0.2, -0.15) is 0 Å². The second kappa shape index (κ2) is 6.39. The molecule has 0 saturated heterocycles. The molecule has 1 aliphatic carbocycles. The third-order valence-electron chi connectivity index (χ3n) is 4.60. The van der Waals surface area contributed by atoms with Crippen LogP contribution < -0.4 is 5.32 Å². The number of rotatable bonds is 5. The molecule has 0 aliphatic heterocycles. The third-order valence-corrected chi connectivity index (χ3v) is 4.60. The van der Waals surface area contributed by atoms with Crippen LogP contribution in [0.3, 0.4) is 0 Å². The number of carboxylic acid groups (broad SMARTS) is 1. The van der Waals surface area contributed by atoms with Gasteiger partial charge >= 0.3 is 5.97 Å². The van der Waals surface area contributed by atoms with Gasteiger partial charge in [-0.05, 0) is 42.7 Å². The van der Waals surface area contributed by atoms with Gasteiger partial charge in [0.15, 0.2) is 0 Å². The van der Waals surface area contributed by atoms with Crippen LogP contribution in [0.2, 0.25) is 0 Å². The number of aromatic carboxylic acids is 1. The summed E-state index contributed by atoms with van der Waals surface area (Å²) >= 11 is 0. The Morgan fingerprint density at radius 2 is 1.88 bits per heavy atom. The van der Waals surface area contributed by atoms with Crippen LogP contribution in [0.15, 0.2) is 42.6 Å². The van der Waals surface area contributed by atoms with Gasteiger partial charge in [-0.1, -0.05) is 18.6 Å². The molecule has 0 bridgehead atoms. The van der Waals surface area contributed by atoms with Crippen molar-refractivity contribution >= 4 is 11.9 Å². The van der Waals surface area contributed by atoms with E-state index in [0.717, 1.165) is 24.8 Å². The summed E-state index contributed by atoms with van der Waals surface area (Å²) in [7, 11) is 0. The average Bonchev–Trinajstić information content (AvgIpc) is 2.55. The highest BCUT2D eigenvalue weighted by atomic mass is 19.1. The summed E-state index contributed by atoms with van der Waals surface area (Å²) in [6.07, 6.45) is 4.20. The SMILES string of the molecule is O=C(NCC1(c2ccc(F)cc2)CCC1)c1ccc(C(=O)O)nc1. The standard InChI is InChI=1S/C18H17FN2O3/c19-14-5-3-13(4-6-14)18(8-1-9-18)11-21-16(22)12-2-7-15(17(23)24)20-10-12/h2-7,10H,1,8-9,11H2,(H,21,22)(H,23,24). The maximum atomic E-state index is 13.1. The van der Waals surface area contributed by atoms with Crippen LogP contribution in [0.1, 0.15) is 45.7 Å². The van der Waals surface area contributed by atoms with E-state index >= 15 is 0 Å². The zero-order valence-electron chi connectivity index (χ0n) is 13.0. The van der Waals surface area contributed by atoms with Gasteiger partial charge in [0.25, 0.3) is 5.91 Å². The molecular formula is C18H17FN2O3. The van der Waals surface area contributed by atoms with Crippen LogP contribution in [0.4, 0.5) is 4.39 Å². The average molecular weight is 328 g/mol. The van der Waals surface area contributed by atoms with Gasteiger partial charge in [-0.25, -0.2) is 14.2 Å². The van der Waals surface area contributed by atoms with E-state index in [4.69, 9.17) is 5.11 Å². The van der Waals surface area contributed by atoms with Crippen molar-refractivity contribution in [2.45, 2.75) is 24.7 Å². The van der Waals surface area contributed by atoms with Crippen molar-refractivity contribution in [3.05, 3.63) is 65.2 Å². The highest BCUT2D eigenvalue weighted by Crippen LogP contribution is 2.43. The number of aromatic nitrogens is 1. The molecule has 2 N–H and O–H groups in total. The van der Waals surface area contributed by atoms with E-state index in [1.54, 1.807) is 12.1 Å². The summed E-state index contributed by atoms with van der Waals surface area (Å²) in [6, 6.07) is 9.15. The lowest BCUT2D eigenvalue weighted by Crippen LogP contribution is -2.45. The first-order chi connectivity index (χ1) is 11.5. The number of carbonyl (C=O) groups excluding carboxylic acids is 1. The second-order valence-corrected chi connectivity index (χ2v) is 6.06. The minimum atomic E-state index is -1.13. The number of amides is 1. The smallest absolute Gasteiger partial charge is 0.354 e. The Labute approximate surface area is 138 Å². The molecule has 0 atom stereocenters. The number of nitrogens with one attached hydrogen (secondary N) is 1. The summed E-state index contributed by atoms with van der Waals surface area (Å²) in [5.41, 5.74) is 1.08. The van der Waals surface area contributed by atoms with Gasteiger partial charge in [-0.15, -0.1) is 0 Å². The molecule has 3 rings (SSSR count). The molecule has 1 aromatic carbocycles. The summed E-state index contributed by atoms with van der Waals surface area (Å²) in [5.74, 6) is -1.71. The van der Waals surface area contributed by atoms with Crippen LogP contribution in [0.5, 0.6) is 0 Å². The quantitative estimate of drug-likeness (QED) is 0.884. The Hall–Kier alpha value is -2.76. The molecule has 2 aromatic rings. The molecule has 6 heteroatoms. The molecule has 0 unspecified atom stereocenters. The predicted octanol–water partition coefficient (Wildman–Crippen LogP) is 2.77. The normalized spacial score (nSPS) is 15.4. The molecule has 1 fully saturated rings. The zero-order valence-corrected chi connectivity index (χ0v) is 13.0. The highest BCUT2D eigenvalue weighted by molar-refractivity contribution is 5.94. The zero-order chi connectivity index (χ0) is 17.2. The molecule has 0 radical (unpaired) electrons. The van der Waals surface area contributed by atoms with E-state index in [9.17, 15) is 14.0 Å². The number of hydrogen-bond donors (Lipinski definition) is 2. The molecular weight excluding hydrogens is 311 g/mol. The number of halogens is 1. The lowest BCUT2D eigenvalue weighted by Gasteiger charge is -2.42. The van der Waals surface area contributed by atoms with E-state index in [1.807, 2.05) is 0 Å². The van der Waals surface area contributed by atoms with Gasteiger partial charge < -0.3 is 10.4 Å². The van der Waals surface area contributed by atoms with Crippen molar-refractivity contribution in [3.63, 3.8) is 0 Å². The van der Waals surface area contributed by atoms with Gasteiger partial charge in [0.2, 0.25) is 0 Å². The summed E-state index contributed by atoms with van der Waals surface area (Å²) < 4.78 is 13.1. The number of carboxylic acids is 1. The molecule has 1 aliphatic rings. The van der Waals surface area contributed by atoms with E-state index in [0.29, 0.717) is 12.1 Å². The van der Waals surface area contributed by atoms with E-state index < -0.39 is 5.97 Å². The second-order valence-electron chi connectivity index (χ2n) is 6.06. The molecule has 124 valence electrons. The summed E-state index contributed by atoms with van der Waals surface area (Å²) in [6.45, 7) is 0.456. The van der Waals surface area contributed by atoms with Crippen molar-refractivity contribution in [1.29, 1.82) is 0 Å². The third kappa shape index (κ3) is 3.13. The molecule has 0 spiro atoms. The van der Waals surface area contributed by atoms with Crippen molar-refractivity contribution in [2.75, 3.05) is 6.54 Å². The first-order valence-corrected chi connectivity index (χ1v) is 7.74. The molecule has 5 nitrogen and oxygen atoms in total. The van der Waals surface area contributed by atoms with Gasteiger partial charge in [0.05, 0.1) is 5.56 Å². The Balaban J connectivity index is 1.68. The maximum absolute atomic E-state index is 13.1. The highest BCUT2D eigenvalue weighted by Gasteiger charge is 2.38. The first kappa shape index (κ1) is 16.1. The predicted molar refractivity (Wildman–Crippen MR) is 85.5 cm³/mol. The van der Waals surface area contributed by atoms with Crippen molar-refractivity contribution in [2.24, 2.45) is 0 Å². The Bertz CT molecular complexity index is 753. The van der Waals surface area contributed by atoms with Crippen LogP contribution in [0, 0.1) is 5.82 Å². The van der Waals surface area contributed by atoms with Crippen LogP contribution in [-0.2, 0) is 5.41 Å². The fraction of sp³-hybridized carbons (Fsp3) is 0.278. The Morgan fingerprint density at radius 3 is 2.38 bits per heavy atom. The fourth-order valence-electron chi connectivity index (χ4n) is 2.98. The van der Waals surface area contributed by atoms with Crippen molar-refractivity contribution in [3.8, 4) is 0 Å². The molecule has 1 saturated carbocycles. The topological polar surface area (TPSA) is 79.3 Å². The van der Waals surface area contributed by atoms with E-state index in [2.05, 4.69) is 10.3 Å². The Kier molecular flexibility index (Phi) is 4.29. The number of hydrogen-bond acceptors (Lipinski definition) is 3. The molecule has 1 aromatic heterocycles.